The third kappa shape index (κ3) is 5.41. The number of rotatable bonds is 7. The van der Waals surface area contributed by atoms with Gasteiger partial charge in [0.25, 0.3) is 0 Å². The van der Waals surface area contributed by atoms with E-state index in [0.29, 0.717) is 11.0 Å². The molecule has 0 unspecified atom stereocenters. The highest BCUT2D eigenvalue weighted by molar-refractivity contribution is 7.99. The van der Waals surface area contributed by atoms with Gasteiger partial charge in [-0.15, -0.1) is 10.2 Å². The Morgan fingerprint density at radius 2 is 2.04 bits per heavy atom. The summed E-state index contributed by atoms with van der Waals surface area (Å²) in [6, 6.07) is 2.89. The number of aromatic nitrogens is 3. The Hall–Kier alpha value is -2.16. The molecule has 1 saturated carbocycles. The smallest absolute Gasteiger partial charge is 0.234 e. The minimum absolute atomic E-state index is 0.0338. The van der Waals surface area contributed by atoms with E-state index in [1.54, 1.807) is 0 Å². The largest absolute Gasteiger partial charge is 0.336 e. The van der Waals surface area contributed by atoms with E-state index in [9.17, 15) is 13.6 Å². The quantitative estimate of drug-likeness (QED) is 0.553. The van der Waals surface area contributed by atoms with Crippen molar-refractivity contribution in [1.82, 2.24) is 14.9 Å². The molecule has 1 fully saturated rings. The number of amides is 1. The van der Waals surface area contributed by atoms with Crippen LogP contribution in [-0.2, 0) is 11.2 Å². The van der Waals surface area contributed by atoms with Gasteiger partial charge in [-0.3, -0.25) is 4.79 Å². The maximum atomic E-state index is 13.6. The Labute approximate surface area is 160 Å². The van der Waals surface area contributed by atoms with Gasteiger partial charge in [0.2, 0.25) is 11.1 Å². The number of nitrogen functional groups attached to an aromatic ring is 1. The number of anilines is 1. The summed E-state index contributed by atoms with van der Waals surface area (Å²) in [5.74, 6) is 5.62. The Morgan fingerprint density at radius 1 is 1.26 bits per heavy atom. The second kappa shape index (κ2) is 9.16. The van der Waals surface area contributed by atoms with Crippen molar-refractivity contribution in [3.8, 4) is 0 Å². The molecule has 0 spiro atoms. The molecule has 3 N–H and O–H groups in total. The van der Waals surface area contributed by atoms with Crippen LogP contribution in [0.5, 0.6) is 0 Å². The highest BCUT2D eigenvalue weighted by atomic mass is 32.2. The molecule has 9 heteroatoms. The van der Waals surface area contributed by atoms with Crippen LogP contribution in [0.4, 0.5) is 14.5 Å². The van der Waals surface area contributed by atoms with Crippen LogP contribution in [0.15, 0.2) is 23.4 Å². The van der Waals surface area contributed by atoms with Crippen molar-refractivity contribution in [3.05, 3.63) is 35.7 Å². The van der Waals surface area contributed by atoms with Crippen molar-refractivity contribution >= 4 is 23.4 Å². The highest BCUT2D eigenvalue weighted by Crippen LogP contribution is 2.27. The first-order chi connectivity index (χ1) is 13.0. The standard InChI is InChI=1S/C18H23F2N5OS/c19-13-7-8-14(20)15(10-13)22-17(26)11-27-18-24-23-16(25(18)21)9-6-12-4-2-1-3-5-12/h7-8,10,12H,1-6,9,11,21H2,(H,22,26). The van der Waals surface area contributed by atoms with Gasteiger partial charge in [-0.05, 0) is 24.5 Å². The summed E-state index contributed by atoms with van der Waals surface area (Å²) < 4.78 is 28.1. The maximum Gasteiger partial charge on any atom is 0.234 e. The molecule has 1 aromatic heterocycles. The predicted octanol–water partition coefficient (Wildman–Crippen LogP) is 3.51. The number of hydrogen-bond acceptors (Lipinski definition) is 5. The predicted molar refractivity (Wildman–Crippen MR) is 101 cm³/mol. The van der Waals surface area contributed by atoms with E-state index in [0.717, 1.165) is 48.7 Å². The topological polar surface area (TPSA) is 85.8 Å². The third-order valence-electron chi connectivity index (χ3n) is 4.77. The summed E-state index contributed by atoms with van der Waals surface area (Å²) in [6.07, 6.45) is 8.24. The number of hydrogen-bond donors (Lipinski definition) is 2. The fourth-order valence-electron chi connectivity index (χ4n) is 3.29. The van der Waals surface area contributed by atoms with Crippen molar-refractivity contribution in [3.63, 3.8) is 0 Å². The molecular formula is C18H23F2N5OS. The van der Waals surface area contributed by atoms with E-state index in [2.05, 4.69) is 15.5 Å². The van der Waals surface area contributed by atoms with Gasteiger partial charge < -0.3 is 11.2 Å². The van der Waals surface area contributed by atoms with E-state index in [1.807, 2.05) is 0 Å². The summed E-state index contributed by atoms with van der Waals surface area (Å²) in [7, 11) is 0. The van der Waals surface area contributed by atoms with Gasteiger partial charge in [0.1, 0.15) is 11.6 Å². The Kier molecular flexibility index (Phi) is 6.65. The van der Waals surface area contributed by atoms with Crippen LogP contribution in [0.3, 0.4) is 0 Å². The van der Waals surface area contributed by atoms with Gasteiger partial charge in [-0.1, -0.05) is 43.9 Å². The van der Waals surface area contributed by atoms with Gasteiger partial charge in [0, 0.05) is 12.5 Å². The Bertz CT molecular complexity index is 792. The minimum Gasteiger partial charge on any atom is -0.336 e. The Balaban J connectivity index is 1.49. The fourth-order valence-corrected chi connectivity index (χ4v) is 3.97. The highest BCUT2D eigenvalue weighted by Gasteiger charge is 2.17. The molecule has 1 aliphatic carbocycles. The lowest BCUT2D eigenvalue weighted by Gasteiger charge is -2.20. The zero-order valence-corrected chi connectivity index (χ0v) is 15.8. The van der Waals surface area contributed by atoms with E-state index in [-0.39, 0.29) is 11.4 Å². The van der Waals surface area contributed by atoms with Crippen LogP contribution in [0.25, 0.3) is 0 Å². The molecule has 0 bridgehead atoms. The molecule has 3 rings (SSSR count). The average Bonchev–Trinajstić information content (AvgIpc) is 3.02. The number of carbonyl (C=O) groups excluding carboxylic acids is 1. The van der Waals surface area contributed by atoms with E-state index in [1.165, 1.54) is 36.8 Å². The van der Waals surface area contributed by atoms with Gasteiger partial charge >= 0.3 is 0 Å². The number of nitrogens with one attached hydrogen (secondary N) is 1. The molecular weight excluding hydrogens is 372 g/mol. The number of halogens is 2. The second-order valence-electron chi connectivity index (χ2n) is 6.77. The average molecular weight is 395 g/mol. The van der Waals surface area contributed by atoms with Crippen molar-refractivity contribution in [1.29, 1.82) is 0 Å². The molecule has 0 saturated heterocycles. The molecule has 0 atom stereocenters. The van der Waals surface area contributed by atoms with Crippen LogP contribution >= 0.6 is 11.8 Å². The lowest BCUT2D eigenvalue weighted by molar-refractivity contribution is -0.113. The summed E-state index contributed by atoms with van der Waals surface area (Å²) >= 11 is 1.10. The fraction of sp³-hybridized carbons (Fsp3) is 0.500. The van der Waals surface area contributed by atoms with Gasteiger partial charge in [-0.2, -0.15) is 0 Å². The number of nitrogens with zero attached hydrogens (tertiary/aromatic N) is 3. The van der Waals surface area contributed by atoms with Crippen LogP contribution < -0.4 is 11.2 Å². The van der Waals surface area contributed by atoms with Crippen molar-refractivity contribution in [2.24, 2.45) is 5.92 Å². The first-order valence-electron chi connectivity index (χ1n) is 9.10. The van der Waals surface area contributed by atoms with Crippen LogP contribution in [0, 0.1) is 17.6 Å². The maximum absolute atomic E-state index is 13.6. The van der Waals surface area contributed by atoms with Crippen molar-refractivity contribution in [2.75, 3.05) is 16.9 Å². The number of nitrogens with two attached hydrogens (primary N) is 1. The normalized spacial score (nSPS) is 15.0. The zero-order valence-electron chi connectivity index (χ0n) is 15.0. The number of carbonyl (C=O) groups is 1. The summed E-state index contributed by atoms with van der Waals surface area (Å²) in [6.45, 7) is 0. The summed E-state index contributed by atoms with van der Waals surface area (Å²) in [5, 5.41) is 10.9. The molecule has 0 aliphatic heterocycles. The number of thioether (sulfide) groups is 1. The van der Waals surface area contributed by atoms with Gasteiger partial charge in [0.15, 0.2) is 5.82 Å². The lowest BCUT2D eigenvalue weighted by atomic mass is 9.86. The van der Waals surface area contributed by atoms with Gasteiger partial charge in [-0.25, -0.2) is 13.5 Å². The monoisotopic (exact) mass is 395 g/mol. The molecule has 1 amide bonds. The molecule has 27 heavy (non-hydrogen) atoms. The molecule has 1 aliphatic rings. The third-order valence-corrected chi connectivity index (χ3v) is 5.71. The molecule has 6 nitrogen and oxygen atoms in total. The van der Waals surface area contributed by atoms with Crippen LogP contribution in [0.1, 0.15) is 44.3 Å². The van der Waals surface area contributed by atoms with Gasteiger partial charge in [0.05, 0.1) is 11.4 Å². The summed E-state index contributed by atoms with van der Waals surface area (Å²) in [4.78, 5) is 12.0. The van der Waals surface area contributed by atoms with Crippen LogP contribution in [-0.4, -0.2) is 26.5 Å². The number of aryl methyl sites for hydroxylation is 1. The first-order valence-corrected chi connectivity index (χ1v) is 10.1. The van der Waals surface area contributed by atoms with E-state index >= 15 is 0 Å². The van der Waals surface area contributed by atoms with Crippen LogP contribution in [0.2, 0.25) is 0 Å². The molecule has 146 valence electrons. The first kappa shape index (κ1) is 19.6. The minimum atomic E-state index is -0.693. The van der Waals surface area contributed by atoms with E-state index in [4.69, 9.17) is 5.84 Å². The number of benzene rings is 1. The lowest BCUT2D eigenvalue weighted by Crippen LogP contribution is -2.18. The van der Waals surface area contributed by atoms with Crippen molar-refractivity contribution < 1.29 is 13.6 Å². The molecule has 2 aromatic rings. The van der Waals surface area contributed by atoms with Crippen molar-refractivity contribution in [2.45, 2.75) is 50.1 Å². The van der Waals surface area contributed by atoms with E-state index < -0.39 is 17.5 Å². The Morgan fingerprint density at radius 3 is 2.81 bits per heavy atom. The molecule has 1 heterocycles. The summed E-state index contributed by atoms with van der Waals surface area (Å²) in [5.41, 5.74) is -0.192. The molecule has 1 aromatic carbocycles. The zero-order chi connectivity index (χ0) is 19.2. The molecule has 0 radical (unpaired) electrons. The SMILES string of the molecule is Nn1c(CCC2CCCCC2)nnc1SCC(=O)Nc1cc(F)ccc1F. The second-order valence-corrected chi connectivity index (χ2v) is 7.72.